The number of piperazine rings is 1. The number of rotatable bonds is 4. The van der Waals surface area contributed by atoms with Gasteiger partial charge in [0.05, 0.1) is 6.10 Å². The molecule has 2 fully saturated rings. The third-order valence-electron chi connectivity index (χ3n) is 4.75. The number of methoxy groups -OCH3 is 1. The molecule has 2 saturated heterocycles. The molecule has 106 valence electrons. The Balaban J connectivity index is 2.00. The molecule has 2 aliphatic rings. The molecule has 18 heavy (non-hydrogen) atoms. The molecule has 0 aromatic rings. The molecule has 0 aromatic carbocycles. The molecule has 0 aromatic heterocycles. The normalized spacial score (nSPS) is 32.5. The Hall–Kier alpha value is -0.120. The lowest BCUT2D eigenvalue weighted by Gasteiger charge is -2.50. The van der Waals surface area contributed by atoms with E-state index >= 15 is 0 Å². The molecule has 0 N–H and O–H groups in total. The van der Waals surface area contributed by atoms with Crippen molar-refractivity contribution in [1.29, 1.82) is 0 Å². The van der Waals surface area contributed by atoms with Gasteiger partial charge in [0.2, 0.25) is 0 Å². The van der Waals surface area contributed by atoms with Crippen molar-refractivity contribution >= 4 is 0 Å². The van der Waals surface area contributed by atoms with Crippen molar-refractivity contribution in [3.8, 4) is 0 Å². The summed E-state index contributed by atoms with van der Waals surface area (Å²) in [6.07, 6.45) is 4.56. The van der Waals surface area contributed by atoms with E-state index in [1.807, 2.05) is 7.11 Å². The van der Waals surface area contributed by atoms with Crippen molar-refractivity contribution in [3.05, 3.63) is 0 Å². The Morgan fingerprint density at radius 2 is 1.94 bits per heavy atom. The first-order valence-corrected chi connectivity index (χ1v) is 7.62. The lowest BCUT2D eigenvalue weighted by atomic mass is 9.92. The molecule has 0 saturated carbocycles. The van der Waals surface area contributed by atoms with Gasteiger partial charge in [-0.05, 0) is 32.2 Å². The van der Waals surface area contributed by atoms with Crippen LogP contribution in [-0.4, -0.2) is 61.3 Å². The van der Waals surface area contributed by atoms with Gasteiger partial charge in [0.25, 0.3) is 0 Å². The minimum absolute atomic E-state index is 0.349. The van der Waals surface area contributed by atoms with E-state index < -0.39 is 0 Å². The zero-order valence-corrected chi connectivity index (χ0v) is 12.6. The van der Waals surface area contributed by atoms with E-state index in [9.17, 15) is 0 Å². The molecule has 2 rings (SSSR count). The number of ether oxygens (including phenoxy) is 1. The van der Waals surface area contributed by atoms with Crippen molar-refractivity contribution in [3.63, 3.8) is 0 Å². The van der Waals surface area contributed by atoms with Gasteiger partial charge in [0, 0.05) is 38.8 Å². The standard InChI is InChI=1S/C15H30N2O/c1-12(2)15-11-16-8-6-5-7-14(16)10-17(15)9-13(3)18-4/h12-15H,5-11H2,1-4H3. The molecular formula is C15H30N2O. The smallest absolute Gasteiger partial charge is 0.0670 e. The number of piperidine rings is 1. The fraction of sp³-hybridized carbons (Fsp3) is 1.00. The first kappa shape index (κ1) is 14.3. The second-order valence-electron chi connectivity index (χ2n) is 6.46. The minimum atomic E-state index is 0.349. The first-order chi connectivity index (χ1) is 8.61. The zero-order valence-electron chi connectivity index (χ0n) is 12.6. The minimum Gasteiger partial charge on any atom is -0.380 e. The first-order valence-electron chi connectivity index (χ1n) is 7.62. The van der Waals surface area contributed by atoms with Crippen LogP contribution in [0.4, 0.5) is 0 Å². The molecule has 3 nitrogen and oxygen atoms in total. The Kier molecular flexibility index (Phi) is 5.05. The summed E-state index contributed by atoms with van der Waals surface area (Å²) in [6.45, 7) is 11.8. The van der Waals surface area contributed by atoms with E-state index in [4.69, 9.17) is 4.74 Å². The van der Waals surface area contributed by atoms with Gasteiger partial charge in [-0.2, -0.15) is 0 Å². The fourth-order valence-corrected chi connectivity index (χ4v) is 3.52. The van der Waals surface area contributed by atoms with Gasteiger partial charge in [0.15, 0.2) is 0 Å². The van der Waals surface area contributed by atoms with Gasteiger partial charge in [-0.3, -0.25) is 9.80 Å². The van der Waals surface area contributed by atoms with Crippen molar-refractivity contribution in [2.75, 3.05) is 33.3 Å². The van der Waals surface area contributed by atoms with Crippen molar-refractivity contribution < 1.29 is 4.74 Å². The maximum absolute atomic E-state index is 5.46. The van der Waals surface area contributed by atoms with Crippen LogP contribution in [0.1, 0.15) is 40.0 Å². The fourth-order valence-electron chi connectivity index (χ4n) is 3.52. The molecule has 0 radical (unpaired) electrons. The van der Waals surface area contributed by atoms with Gasteiger partial charge >= 0.3 is 0 Å². The van der Waals surface area contributed by atoms with Crippen molar-refractivity contribution in [2.45, 2.75) is 58.2 Å². The maximum Gasteiger partial charge on any atom is 0.0670 e. The van der Waals surface area contributed by atoms with E-state index in [-0.39, 0.29) is 0 Å². The molecular weight excluding hydrogens is 224 g/mol. The van der Waals surface area contributed by atoms with Gasteiger partial charge in [-0.15, -0.1) is 0 Å². The molecule has 0 spiro atoms. The van der Waals surface area contributed by atoms with E-state index in [1.54, 1.807) is 0 Å². The van der Waals surface area contributed by atoms with Crippen molar-refractivity contribution in [1.82, 2.24) is 9.80 Å². The molecule has 0 amide bonds. The maximum atomic E-state index is 5.46. The van der Waals surface area contributed by atoms with Crippen LogP contribution in [0.2, 0.25) is 0 Å². The predicted octanol–water partition coefficient (Wildman–Crippen LogP) is 2.22. The van der Waals surface area contributed by atoms with Crippen LogP contribution < -0.4 is 0 Å². The molecule has 3 heteroatoms. The van der Waals surface area contributed by atoms with E-state index in [0.29, 0.717) is 12.1 Å². The van der Waals surface area contributed by atoms with Crippen LogP contribution in [0.3, 0.4) is 0 Å². The number of hydrogen-bond acceptors (Lipinski definition) is 3. The van der Waals surface area contributed by atoms with Crippen LogP contribution in [0, 0.1) is 5.92 Å². The molecule has 0 aliphatic carbocycles. The molecule has 2 heterocycles. The van der Waals surface area contributed by atoms with E-state index in [2.05, 4.69) is 30.6 Å². The molecule has 3 atom stereocenters. The number of nitrogens with zero attached hydrogens (tertiary/aromatic N) is 2. The van der Waals surface area contributed by atoms with Crippen LogP contribution in [-0.2, 0) is 4.74 Å². The van der Waals surface area contributed by atoms with E-state index in [1.165, 1.54) is 38.9 Å². The second kappa shape index (κ2) is 6.36. The Morgan fingerprint density at radius 3 is 2.61 bits per heavy atom. The van der Waals surface area contributed by atoms with Gasteiger partial charge in [-0.25, -0.2) is 0 Å². The highest BCUT2D eigenvalue weighted by Crippen LogP contribution is 2.27. The van der Waals surface area contributed by atoms with Crippen molar-refractivity contribution in [2.24, 2.45) is 5.92 Å². The number of fused-ring (bicyclic) bond motifs is 1. The summed E-state index contributed by atoms with van der Waals surface area (Å²) in [7, 11) is 1.83. The largest absolute Gasteiger partial charge is 0.380 e. The lowest BCUT2D eigenvalue weighted by molar-refractivity contribution is -0.0313. The zero-order chi connectivity index (χ0) is 13.1. The summed E-state index contributed by atoms with van der Waals surface area (Å²) in [5, 5.41) is 0. The van der Waals surface area contributed by atoms with Crippen LogP contribution >= 0.6 is 0 Å². The molecule has 0 bridgehead atoms. The molecule has 2 aliphatic heterocycles. The van der Waals surface area contributed by atoms with Crippen LogP contribution in [0.5, 0.6) is 0 Å². The Bertz CT molecular complexity index is 257. The summed E-state index contributed by atoms with van der Waals surface area (Å²) < 4.78 is 5.46. The average molecular weight is 254 g/mol. The van der Waals surface area contributed by atoms with Crippen LogP contribution in [0.25, 0.3) is 0 Å². The summed E-state index contributed by atoms with van der Waals surface area (Å²) in [5.41, 5.74) is 0. The Morgan fingerprint density at radius 1 is 1.17 bits per heavy atom. The van der Waals surface area contributed by atoms with Crippen LogP contribution in [0.15, 0.2) is 0 Å². The second-order valence-corrected chi connectivity index (χ2v) is 6.46. The van der Waals surface area contributed by atoms with Gasteiger partial charge in [0.1, 0.15) is 0 Å². The SMILES string of the molecule is COC(C)CN1CC2CCCCN2CC1C(C)C. The third-order valence-corrected chi connectivity index (χ3v) is 4.75. The monoisotopic (exact) mass is 254 g/mol. The highest BCUT2D eigenvalue weighted by Gasteiger charge is 2.36. The highest BCUT2D eigenvalue weighted by molar-refractivity contribution is 4.92. The van der Waals surface area contributed by atoms with Gasteiger partial charge < -0.3 is 4.74 Å². The lowest BCUT2D eigenvalue weighted by Crippen LogP contribution is -2.61. The third kappa shape index (κ3) is 3.25. The predicted molar refractivity (Wildman–Crippen MR) is 75.9 cm³/mol. The summed E-state index contributed by atoms with van der Waals surface area (Å²) >= 11 is 0. The molecule has 3 unspecified atom stereocenters. The average Bonchev–Trinajstić information content (AvgIpc) is 2.37. The van der Waals surface area contributed by atoms with E-state index in [0.717, 1.165) is 18.5 Å². The number of hydrogen-bond donors (Lipinski definition) is 0. The highest BCUT2D eigenvalue weighted by atomic mass is 16.5. The van der Waals surface area contributed by atoms with Gasteiger partial charge in [-0.1, -0.05) is 20.3 Å². The topological polar surface area (TPSA) is 15.7 Å². The summed E-state index contributed by atoms with van der Waals surface area (Å²) in [6, 6.07) is 1.51. The Labute approximate surface area is 112 Å². The summed E-state index contributed by atoms with van der Waals surface area (Å²) in [4.78, 5) is 5.42. The quantitative estimate of drug-likeness (QED) is 0.765. The summed E-state index contributed by atoms with van der Waals surface area (Å²) in [5.74, 6) is 0.733.